The molecule has 7 rings (SSSR count). The lowest BCUT2D eigenvalue weighted by atomic mass is 9.50. The van der Waals surface area contributed by atoms with Gasteiger partial charge in [0.1, 0.15) is 0 Å². The molecule has 1 heterocycles. The summed E-state index contributed by atoms with van der Waals surface area (Å²) in [6.45, 7) is 0.503. The van der Waals surface area contributed by atoms with Crippen molar-refractivity contribution in [2.45, 2.75) is 67.2 Å². The third-order valence-electron chi connectivity index (χ3n) is 8.46. The lowest BCUT2D eigenvalue weighted by Crippen LogP contribution is -2.67. The zero-order valence-electron chi connectivity index (χ0n) is 20.3. The van der Waals surface area contributed by atoms with Crippen LogP contribution in [0, 0.1) is 5.92 Å². The van der Waals surface area contributed by atoms with Crippen LogP contribution < -0.4 is 14.3 Å². The molecule has 10 heteroatoms. The predicted molar refractivity (Wildman–Crippen MR) is 138 cm³/mol. The molecule has 192 valence electrons. The van der Waals surface area contributed by atoms with Gasteiger partial charge < -0.3 is 4.90 Å². The highest BCUT2D eigenvalue weighted by atomic mass is 32.2. The van der Waals surface area contributed by atoms with Crippen LogP contribution in [0.2, 0.25) is 0 Å². The van der Waals surface area contributed by atoms with Crippen molar-refractivity contribution in [3.63, 3.8) is 0 Å². The third-order valence-corrected chi connectivity index (χ3v) is 10.6. The van der Waals surface area contributed by atoms with E-state index < -0.39 is 20.0 Å². The molecular formula is C26H31N3O5S2. The van der Waals surface area contributed by atoms with Gasteiger partial charge in [0.2, 0.25) is 20.0 Å². The number of hydrogen-bond donors (Lipinski definition) is 2. The third kappa shape index (κ3) is 4.03. The topological polar surface area (TPSA) is 113 Å². The number of anilines is 2. The molecular weight excluding hydrogens is 498 g/mol. The first kappa shape index (κ1) is 23.9. The zero-order chi connectivity index (χ0) is 25.3. The maximum absolute atomic E-state index is 13.8. The molecule has 0 aromatic heterocycles. The van der Waals surface area contributed by atoms with Gasteiger partial charge in [-0.1, -0.05) is 25.3 Å². The van der Waals surface area contributed by atoms with Crippen LogP contribution in [0.4, 0.5) is 11.4 Å². The number of nitrogens with one attached hydrogen (secondary N) is 2. The molecule has 1 amide bonds. The Hall–Kier alpha value is -2.43. The molecule has 0 unspecified atom stereocenters. The molecule has 36 heavy (non-hydrogen) atoms. The number of carbonyl (C=O) groups excluding carboxylic acids is 1. The molecule has 0 atom stereocenters. The minimum absolute atomic E-state index is 0.109. The Morgan fingerprint density at radius 2 is 1.69 bits per heavy atom. The molecule has 2 bridgehead atoms. The molecule has 0 saturated heterocycles. The first-order chi connectivity index (χ1) is 17.0. The van der Waals surface area contributed by atoms with Crippen LogP contribution in [0.5, 0.6) is 0 Å². The van der Waals surface area contributed by atoms with E-state index >= 15 is 0 Å². The van der Waals surface area contributed by atoms with Gasteiger partial charge in [0.25, 0.3) is 5.91 Å². The lowest BCUT2D eigenvalue weighted by molar-refractivity contribution is -0.0317. The van der Waals surface area contributed by atoms with Crippen LogP contribution in [0.25, 0.3) is 0 Å². The van der Waals surface area contributed by atoms with Gasteiger partial charge in [-0.3, -0.25) is 9.52 Å². The molecule has 2 aromatic rings. The number of rotatable bonds is 6. The number of amides is 1. The van der Waals surface area contributed by atoms with Gasteiger partial charge in [-0.05, 0) is 80.0 Å². The molecule has 4 aliphatic carbocycles. The fraction of sp³-hybridized carbons (Fsp3) is 0.500. The van der Waals surface area contributed by atoms with Gasteiger partial charge in [0.15, 0.2) is 0 Å². The second-order valence-corrected chi connectivity index (χ2v) is 14.7. The van der Waals surface area contributed by atoms with Crippen molar-refractivity contribution in [1.82, 2.24) is 4.72 Å². The van der Waals surface area contributed by atoms with E-state index in [1.807, 2.05) is 6.07 Å². The number of fused-ring (bicyclic) bond motifs is 2. The molecule has 4 saturated carbocycles. The zero-order valence-corrected chi connectivity index (χ0v) is 21.9. The molecule has 1 spiro atoms. The van der Waals surface area contributed by atoms with E-state index in [4.69, 9.17) is 0 Å². The van der Waals surface area contributed by atoms with Crippen molar-refractivity contribution in [1.29, 1.82) is 0 Å². The predicted octanol–water partition coefficient (Wildman–Crippen LogP) is 3.75. The number of nitrogens with zero attached hydrogens (tertiary/aromatic N) is 1. The van der Waals surface area contributed by atoms with Crippen molar-refractivity contribution >= 4 is 37.3 Å². The minimum Gasteiger partial charge on any atom is -0.307 e. The highest BCUT2D eigenvalue weighted by Gasteiger charge is 2.58. The van der Waals surface area contributed by atoms with Crippen molar-refractivity contribution in [2.75, 3.05) is 22.4 Å². The summed E-state index contributed by atoms with van der Waals surface area (Å²) in [6, 6.07) is 11.6. The standard InChI is InChI=1S/C26H31N3O5S2/c1-35(31,32)27-20-8-9-23-22(13-20)25(10-3-2-4-11-25)17-29(23)24(30)19-6-5-7-21(12-19)36(33,34)28-26-14-18(15-26)16-26/h5-9,12-13,18,27-28H,2-4,10-11,14-17H2,1H3. The van der Waals surface area contributed by atoms with E-state index in [2.05, 4.69) is 9.44 Å². The Bertz CT molecular complexity index is 1450. The van der Waals surface area contributed by atoms with Crippen molar-refractivity contribution < 1.29 is 21.6 Å². The first-order valence-corrected chi connectivity index (χ1v) is 15.9. The van der Waals surface area contributed by atoms with E-state index in [0.29, 0.717) is 23.7 Å². The van der Waals surface area contributed by atoms with Crippen LogP contribution in [0.1, 0.15) is 67.3 Å². The van der Waals surface area contributed by atoms with E-state index in [-0.39, 0.29) is 21.8 Å². The highest BCUT2D eigenvalue weighted by Crippen LogP contribution is 2.57. The van der Waals surface area contributed by atoms with Gasteiger partial charge >= 0.3 is 0 Å². The summed E-state index contributed by atoms with van der Waals surface area (Å²) in [5.74, 6) is 0.404. The lowest BCUT2D eigenvalue weighted by Gasteiger charge is -2.61. The summed E-state index contributed by atoms with van der Waals surface area (Å²) in [4.78, 5) is 15.6. The fourth-order valence-corrected chi connectivity index (χ4v) is 8.72. The highest BCUT2D eigenvalue weighted by molar-refractivity contribution is 7.92. The largest absolute Gasteiger partial charge is 0.307 e. The Labute approximate surface area is 212 Å². The molecule has 0 radical (unpaired) electrons. The van der Waals surface area contributed by atoms with Crippen molar-refractivity contribution in [3.05, 3.63) is 53.6 Å². The Balaban J connectivity index is 1.32. The van der Waals surface area contributed by atoms with Crippen LogP contribution >= 0.6 is 0 Å². The Morgan fingerprint density at radius 1 is 0.972 bits per heavy atom. The molecule has 2 aromatic carbocycles. The second-order valence-electron chi connectivity index (χ2n) is 11.2. The summed E-state index contributed by atoms with van der Waals surface area (Å²) in [7, 11) is -7.15. The quantitative estimate of drug-likeness (QED) is 0.592. The van der Waals surface area contributed by atoms with Crippen LogP contribution in [0.3, 0.4) is 0 Å². The molecule has 4 fully saturated rings. The van der Waals surface area contributed by atoms with Crippen molar-refractivity contribution in [2.24, 2.45) is 5.92 Å². The van der Waals surface area contributed by atoms with E-state index in [1.165, 1.54) is 12.1 Å². The molecule has 8 nitrogen and oxygen atoms in total. The fourth-order valence-electron chi connectivity index (χ4n) is 6.68. The van der Waals surface area contributed by atoms with Gasteiger partial charge in [-0.15, -0.1) is 0 Å². The number of benzene rings is 2. The minimum atomic E-state index is -3.72. The maximum atomic E-state index is 13.8. The molecule has 5 aliphatic rings. The van der Waals surface area contributed by atoms with Gasteiger partial charge in [-0.25, -0.2) is 21.6 Å². The summed E-state index contributed by atoms with van der Waals surface area (Å²) in [5, 5.41) is 0. The van der Waals surface area contributed by atoms with Crippen LogP contribution in [-0.2, 0) is 25.5 Å². The van der Waals surface area contributed by atoms with E-state index in [1.54, 1.807) is 29.2 Å². The van der Waals surface area contributed by atoms with Gasteiger partial charge in [0.05, 0.1) is 11.2 Å². The smallest absolute Gasteiger partial charge is 0.258 e. The van der Waals surface area contributed by atoms with Gasteiger partial charge in [0, 0.05) is 34.4 Å². The number of carbonyl (C=O) groups is 1. The summed E-state index contributed by atoms with van der Waals surface area (Å²) >= 11 is 0. The average Bonchev–Trinajstić information content (AvgIpc) is 3.08. The maximum Gasteiger partial charge on any atom is 0.258 e. The second kappa shape index (κ2) is 8.03. The van der Waals surface area contributed by atoms with E-state index in [0.717, 1.165) is 68.9 Å². The normalized spacial score (nSPS) is 26.1. The molecule has 2 N–H and O–H groups in total. The summed E-state index contributed by atoms with van der Waals surface area (Å²) < 4.78 is 55.2. The van der Waals surface area contributed by atoms with E-state index in [9.17, 15) is 21.6 Å². The SMILES string of the molecule is CS(=O)(=O)Nc1ccc2c(c1)C1(CCCCC1)CN2C(=O)c1cccc(S(=O)(=O)NC23CC(C2)C3)c1. The number of hydrogen-bond acceptors (Lipinski definition) is 5. The van der Waals surface area contributed by atoms with Crippen LogP contribution in [-0.4, -0.2) is 41.1 Å². The monoisotopic (exact) mass is 529 g/mol. The summed E-state index contributed by atoms with van der Waals surface area (Å²) in [6.07, 6.45) is 8.90. The Morgan fingerprint density at radius 3 is 2.33 bits per heavy atom. The van der Waals surface area contributed by atoms with Crippen molar-refractivity contribution in [3.8, 4) is 0 Å². The average molecular weight is 530 g/mol. The first-order valence-electron chi connectivity index (χ1n) is 12.6. The number of sulfonamides is 2. The Kier molecular flexibility index (Phi) is 5.34. The van der Waals surface area contributed by atoms with Crippen LogP contribution in [0.15, 0.2) is 47.4 Å². The molecule has 1 aliphatic heterocycles. The van der Waals surface area contributed by atoms with Gasteiger partial charge in [-0.2, -0.15) is 0 Å². The summed E-state index contributed by atoms with van der Waals surface area (Å²) in [5.41, 5.74) is 2.05.